The van der Waals surface area contributed by atoms with Gasteiger partial charge in [0.1, 0.15) is 23.9 Å². The second kappa shape index (κ2) is 10.1. The first kappa shape index (κ1) is 23.4. The predicted octanol–water partition coefficient (Wildman–Crippen LogP) is 5.10. The Kier molecular flexibility index (Phi) is 6.72. The Labute approximate surface area is 203 Å². The summed E-state index contributed by atoms with van der Waals surface area (Å²) in [6, 6.07) is 12.4. The van der Waals surface area contributed by atoms with E-state index in [2.05, 4.69) is 10.1 Å². The van der Waals surface area contributed by atoms with Crippen molar-refractivity contribution < 1.29 is 28.3 Å². The molecule has 1 fully saturated rings. The Hall–Kier alpha value is -3.39. The number of hydrogen-bond donors (Lipinski definition) is 1. The van der Waals surface area contributed by atoms with E-state index in [0.717, 1.165) is 49.2 Å². The van der Waals surface area contributed by atoms with Gasteiger partial charge >= 0.3 is 5.97 Å². The van der Waals surface area contributed by atoms with Gasteiger partial charge in [-0.05, 0) is 61.1 Å². The zero-order valence-corrected chi connectivity index (χ0v) is 19.7. The number of benzene rings is 2. The summed E-state index contributed by atoms with van der Waals surface area (Å²) in [6.07, 6.45) is 4.66. The van der Waals surface area contributed by atoms with Gasteiger partial charge in [-0.25, -0.2) is 4.39 Å². The van der Waals surface area contributed by atoms with Gasteiger partial charge in [-0.15, -0.1) is 0 Å². The quantitative estimate of drug-likeness (QED) is 0.480. The van der Waals surface area contributed by atoms with Gasteiger partial charge in [0, 0.05) is 43.4 Å². The van der Waals surface area contributed by atoms with Crippen molar-refractivity contribution in [3.63, 3.8) is 0 Å². The van der Waals surface area contributed by atoms with Crippen LogP contribution in [0, 0.1) is 5.82 Å². The molecule has 1 aliphatic carbocycles. The lowest BCUT2D eigenvalue weighted by Crippen LogP contribution is -2.37. The van der Waals surface area contributed by atoms with Crippen LogP contribution in [0.15, 0.2) is 53.3 Å². The molecule has 5 rings (SSSR count). The van der Waals surface area contributed by atoms with Gasteiger partial charge in [0.2, 0.25) is 0 Å². The summed E-state index contributed by atoms with van der Waals surface area (Å²) in [5, 5.41) is 13.2. The molecule has 1 saturated heterocycles. The van der Waals surface area contributed by atoms with Gasteiger partial charge in [0.15, 0.2) is 0 Å². The highest BCUT2D eigenvalue weighted by molar-refractivity contribution is 5.69. The van der Waals surface area contributed by atoms with E-state index >= 15 is 0 Å². The first-order valence-electron chi connectivity index (χ1n) is 12.0. The fraction of sp³-hybridized carbons (Fsp3) is 0.407. The lowest BCUT2D eigenvalue weighted by molar-refractivity contribution is -0.137. The molecule has 0 spiro atoms. The lowest BCUT2D eigenvalue weighted by atomic mass is 9.92. The Balaban J connectivity index is 1.33. The van der Waals surface area contributed by atoms with Crippen LogP contribution in [-0.2, 0) is 16.0 Å². The van der Waals surface area contributed by atoms with Gasteiger partial charge in [-0.3, -0.25) is 4.79 Å². The number of aliphatic carboxylic acids is 1. The predicted molar refractivity (Wildman–Crippen MR) is 127 cm³/mol. The number of nitrogens with zero attached hydrogens (tertiary/aromatic N) is 2. The van der Waals surface area contributed by atoms with Crippen molar-refractivity contribution in [2.24, 2.45) is 0 Å². The minimum absolute atomic E-state index is 0.0989. The normalized spacial score (nSPS) is 18.9. The van der Waals surface area contributed by atoms with Gasteiger partial charge in [0.05, 0.1) is 18.2 Å². The van der Waals surface area contributed by atoms with E-state index in [9.17, 15) is 14.3 Å². The van der Waals surface area contributed by atoms with E-state index < -0.39 is 11.9 Å². The largest absolute Gasteiger partial charge is 0.486 e. The number of carboxylic acid groups (broad SMARTS) is 1. The molecule has 8 heteroatoms. The van der Waals surface area contributed by atoms with E-state index in [-0.39, 0.29) is 24.4 Å². The van der Waals surface area contributed by atoms with Crippen molar-refractivity contribution in [1.29, 1.82) is 0 Å². The second-order valence-electron chi connectivity index (χ2n) is 9.17. The Morgan fingerprint density at radius 2 is 1.94 bits per heavy atom. The molecular formula is C27H29FN2O5. The first-order valence-corrected chi connectivity index (χ1v) is 12.0. The number of ether oxygens (including phenoxy) is 2. The minimum Gasteiger partial charge on any atom is -0.486 e. The topological polar surface area (TPSA) is 85.0 Å². The monoisotopic (exact) mass is 480 g/mol. The summed E-state index contributed by atoms with van der Waals surface area (Å²) >= 11 is 0. The number of fused-ring (bicyclic) bond motifs is 1. The average molecular weight is 481 g/mol. The van der Waals surface area contributed by atoms with Gasteiger partial charge in [-0.2, -0.15) is 0 Å². The molecule has 2 aliphatic rings. The third-order valence-corrected chi connectivity index (χ3v) is 7.13. The van der Waals surface area contributed by atoms with Crippen LogP contribution in [0.1, 0.15) is 60.1 Å². The van der Waals surface area contributed by atoms with E-state index in [1.165, 1.54) is 6.26 Å². The molecule has 1 aliphatic heterocycles. The zero-order chi connectivity index (χ0) is 24.4. The molecule has 2 aromatic carbocycles. The maximum atomic E-state index is 15.0. The number of rotatable bonds is 8. The Morgan fingerprint density at radius 3 is 2.60 bits per heavy atom. The van der Waals surface area contributed by atoms with Crippen LogP contribution in [0.25, 0.3) is 0 Å². The zero-order valence-electron chi connectivity index (χ0n) is 19.7. The number of carboxylic acids is 1. The standard InChI is InChI=1S/C27H29FN2O5/c1-33-18-10-13-30(14-11-18)24-8-7-22(28)27-20(24)6-9-25(27)35-19-4-2-17(3-5-19)21(16-26(31)32)23-12-15-34-29-23/h2-5,7-8,12,15,18,21,25H,6,9-11,13-14,16H2,1H3,(H,31,32)/t21-,25+/m0/s1. The molecule has 0 amide bonds. The van der Waals surface area contributed by atoms with Crippen LogP contribution in [-0.4, -0.2) is 42.5 Å². The van der Waals surface area contributed by atoms with Gasteiger partial charge < -0.3 is 24.0 Å². The van der Waals surface area contributed by atoms with Gasteiger partial charge in [-0.1, -0.05) is 17.3 Å². The summed E-state index contributed by atoms with van der Waals surface area (Å²) in [5.74, 6) is -0.956. The lowest BCUT2D eigenvalue weighted by Gasteiger charge is -2.34. The van der Waals surface area contributed by atoms with Crippen molar-refractivity contribution in [3.8, 4) is 5.75 Å². The van der Waals surface area contributed by atoms with Crippen LogP contribution in [0.4, 0.5) is 10.1 Å². The van der Waals surface area contributed by atoms with Crippen molar-refractivity contribution in [2.75, 3.05) is 25.1 Å². The van der Waals surface area contributed by atoms with Crippen LogP contribution >= 0.6 is 0 Å². The van der Waals surface area contributed by atoms with Crippen molar-refractivity contribution >= 4 is 11.7 Å². The van der Waals surface area contributed by atoms with E-state index in [1.807, 2.05) is 18.2 Å². The maximum absolute atomic E-state index is 15.0. The Morgan fingerprint density at radius 1 is 1.17 bits per heavy atom. The SMILES string of the molecule is COC1CCN(c2ccc(F)c3c2CC[C@H]3Oc2ccc([C@H](CC(=O)O)c3ccon3)cc2)CC1. The summed E-state index contributed by atoms with van der Waals surface area (Å²) in [7, 11) is 1.76. The fourth-order valence-corrected chi connectivity index (χ4v) is 5.31. The summed E-state index contributed by atoms with van der Waals surface area (Å²) < 4.78 is 31.6. The van der Waals surface area contributed by atoms with Crippen LogP contribution in [0.2, 0.25) is 0 Å². The molecule has 0 radical (unpaired) electrons. The second-order valence-corrected chi connectivity index (χ2v) is 9.17. The molecule has 1 N–H and O–H groups in total. The van der Waals surface area contributed by atoms with Crippen LogP contribution < -0.4 is 9.64 Å². The summed E-state index contributed by atoms with van der Waals surface area (Å²) in [5.41, 5.74) is 4.15. The fourth-order valence-electron chi connectivity index (χ4n) is 5.31. The third-order valence-electron chi connectivity index (χ3n) is 7.13. The minimum atomic E-state index is -0.918. The molecule has 2 atom stereocenters. The molecular weight excluding hydrogens is 451 g/mol. The highest BCUT2D eigenvalue weighted by Gasteiger charge is 2.32. The molecule has 0 unspecified atom stereocenters. The third kappa shape index (κ3) is 4.89. The molecule has 3 aromatic rings. The molecule has 7 nitrogen and oxygen atoms in total. The number of aromatic nitrogens is 1. The highest BCUT2D eigenvalue weighted by Crippen LogP contribution is 2.42. The van der Waals surface area contributed by atoms with Gasteiger partial charge in [0.25, 0.3) is 0 Å². The van der Waals surface area contributed by atoms with Crippen LogP contribution in [0.3, 0.4) is 0 Å². The molecule has 0 saturated carbocycles. The molecule has 2 heterocycles. The number of piperidine rings is 1. The number of carbonyl (C=O) groups is 1. The first-order chi connectivity index (χ1) is 17.0. The smallest absolute Gasteiger partial charge is 0.304 e. The van der Waals surface area contributed by atoms with E-state index in [1.54, 1.807) is 31.4 Å². The van der Waals surface area contributed by atoms with Crippen molar-refractivity contribution in [3.05, 3.63) is 76.9 Å². The molecule has 35 heavy (non-hydrogen) atoms. The van der Waals surface area contributed by atoms with E-state index in [4.69, 9.17) is 14.0 Å². The number of halogens is 1. The Bertz CT molecular complexity index is 1160. The summed E-state index contributed by atoms with van der Waals surface area (Å²) in [4.78, 5) is 13.7. The maximum Gasteiger partial charge on any atom is 0.304 e. The van der Waals surface area contributed by atoms with Crippen molar-refractivity contribution in [2.45, 2.75) is 50.2 Å². The number of methoxy groups -OCH3 is 1. The average Bonchev–Trinajstić information content (AvgIpc) is 3.55. The number of anilines is 1. The van der Waals surface area contributed by atoms with E-state index in [0.29, 0.717) is 23.4 Å². The van der Waals surface area contributed by atoms with Crippen LogP contribution in [0.5, 0.6) is 5.75 Å². The summed E-state index contributed by atoms with van der Waals surface area (Å²) in [6.45, 7) is 1.79. The molecule has 184 valence electrons. The highest BCUT2D eigenvalue weighted by atomic mass is 19.1. The number of hydrogen-bond acceptors (Lipinski definition) is 6. The molecule has 0 bridgehead atoms. The molecule has 1 aromatic heterocycles. The van der Waals surface area contributed by atoms with Crippen molar-refractivity contribution in [1.82, 2.24) is 5.16 Å².